The quantitative estimate of drug-likeness (QED) is 0.829. The van der Waals surface area contributed by atoms with Gasteiger partial charge in [-0.3, -0.25) is 0 Å². The first kappa shape index (κ1) is 12.6. The second kappa shape index (κ2) is 6.17. The molecule has 1 heterocycles. The highest BCUT2D eigenvalue weighted by Gasteiger charge is 1.96. The standard InChI is InChI=1S/C13H12Br2N2/c14-11-6-4-10(5-7-11)8-9-16-13-3-1-2-12(15)17-13/h1-7H,8-9H2,(H,16,17). The Hall–Kier alpha value is -0.870. The zero-order valence-corrected chi connectivity index (χ0v) is 12.3. The first-order valence-electron chi connectivity index (χ1n) is 5.35. The van der Waals surface area contributed by atoms with E-state index in [1.165, 1.54) is 5.56 Å². The minimum Gasteiger partial charge on any atom is -0.370 e. The highest BCUT2D eigenvalue weighted by atomic mass is 79.9. The summed E-state index contributed by atoms with van der Waals surface area (Å²) in [5.74, 6) is 0.900. The molecule has 17 heavy (non-hydrogen) atoms. The number of pyridine rings is 1. The lowest BCUT2D eigenvalue weighted by atomic mass is 10.1. The lowest BCUT2D eigenvalue weighted by Gasteiger charge is -2.06. The van der Waals surface area contributed by atoms with Gasteiger partial charge in [0.2, 0.25) is 0 Å². The second-order valence-electron chi connectivity index (χ2n) is 3.65. The zero-order valence-electron chi connectivity index (χ0n) is 9.16. The largest absolute Gasteiger partial charge is 0.370 e. The fraction of sp³-hybridized carbons (Fsp3) is 0.154. The second-order valence-corrected chi connectivity index (χ2v) is 5.38. The van der Waals surface area contributed by atoms with Crippen LogP contribution in [0.5, 0.6) is 0 Å². The Labute approximate surface area is 118 Å². The van der Waals surface area contributed by atoms with Gasteiger partial charge in [0.15, 0.2) is 0 Å². The van der Waals surface area contributed by atoms with E-state index in [9.17, 15) is 0 Å². The van der Waals surface area contributed by atoms with Gasteiger partial charge in [0, 0.05) is 11.0 Å². The Morgan fingerprint density at radius 3 is 2.47 bits per heavy atom. The van der Waals surface area contributed by atoms with E-state index in [1.54, 1.807) is 0 Å². The van der Waals surface area contributed by atoms with Gasteiger partial charge in [-0.05, 0) is 52.2 Å². The highest BCUT2D eigenvalue weighted by molar-refractivity contribution is 9.10. The van der Waals surface area contributed by atoms with E-state index in [0.29, 0.717) is 0 Å². The van der Waals surface area contributed by atoms with Crippen LogP contribution >= 0.6 is 31.9 Å². The summed E-state index contributed by atoms with van der Waals surface area (Å²) < 4.78 is 1.97. The van der Waals surface area contributed by atoms with Crippen molar-refractivity contribution >= 4 is 37.7 Å². The fourth-order valence-electron chi connectivity index (χ4n) is 1.49. The Kier molecular flexibility index (Phi) is 4.57. The molecule has 0 amide bonds. The average molecular weight is 356 g/mol. The van der Waals surface area contributed by atoms with Crippen LogP contribution in [-0.4, -0.2) is 11.5 Å². The van der Waals surface area contributed by atoms with Crippen LogP contribution in [-0.2, 0) is 6.42 Å². The maximum Gasteiger partial charge on any atom is 0.127 e. The number of benzene rings is 1. The molecule has 2 rings (SSSR count). The van der Waals surface area contributed by atoms with Crippen LogP contribution < -0.4 is 5.32 Å². The fourth-order valence-corrected chi connectivity index (χ4v) is 2.10. The molecule has 2 aromatic rings. The predicted octanol–water partition coefficient (Wildman–Crippen LogP) is 4.26. The summed E-state index contributed by atoms with van der Waals surface area (Å²) in [5.41, 5.74) is 1.32. The molecule has 88 valence electrons. The minimum atomic E-state index is 0.853. The monoisotopic (exact) mass is 354 g/mol. The Morgan fingerprint density at radius 1 is 1.00 bits per heavy atom. The molecule has 0 aliphatic rings. The molecule has 4 heteroatoms. The molecule has 0 aliphatic heterocycles. The van der Waals surface area contributed by atoms with Gasteiger partial charge in [0.1, 0.15) is 10.4 Å². The van der Waals surface area contributed by atoms with E-state index in [0.717, 1.165) is 27.9 Å². The van der Waals surface area contributed by atoms with E-state index in [1.807, 2.05) is 18.2 Å². The lowest BCUT2D eigenvalue weighted by molar-refractivity contribution is 1.00. The van der Waals surface area contributed by atoms with E-state index >= 15 is 0 Å². The van der Waals surface area contributed by atoms with Crippen molar-refractivity contribution in [2.45, 2.75) is 6.42 Å². The summed E-state index contributed by atoms with van der Waals surface area (Å²) in [6.07, 6.45) is 0.988. The third-order valence-corrected chi connectivity index (χ3v) is 3.32. The molecule has 0 bridgehead atoms. The number of hydrogen-bond acceptors (Lipinski definition) is 2. The lowest BCUT2D eigenvalue weighted by Crippen LogP contribution is -2.06. The van der Waals surface area contributed by atoms with Crippen molar-refractivity contribution in [2.24, 2.45) is 0 Å². The molecule has 2 nitrogen and oxygen atoms in total. The maximum absolute atomic E-state index is 4.32. The number of rotatable bonds is 4. The summed E-state index contributed by atoms with van der Waals surface area (Å²) in [4.78, 5) is 4.32. The van der Waals surface area contributed by atoms with Crippen molar-refractivity contribution in [1.82, 2.24) is 4.98 Å². The van der Waals surface area contributed by atoms with Crippen LogP contribution in [0.3, 0.4) is 0 Å². The van der Waals surface area contributed by atoms with E-state index in [2.05, 4.69) is 66.4 Å². The number of halogens is 2. The number of hydrogen-bond donors (Lipinski definition) is 1. The molecule has 0 spiro atoms. The number of aromatic nitrogens is 1. The van der Waals surface area contributed by atoms with E-state index in [-0.39, 0.29) is 0 Å². The molecule has 0 fully saturated rings. The average Bonchev–Trinajstić information content (AvgIpc) is 2.32. The molecular formula is C13H12Br2N2. The molecule has 0 unspecified atom stereocenters. The number of anilines is 1. The van der Waals surface area contributed by atoms with Crippen molar-refractivity contribution in [3.05, 3.63) is 57.1 Å². The van der Waals surface area contributed by atoms with Crippen LogP contribution in [0.2, 0.25) is 0 Å². The van der Waals surface area contributed by atoms with Gasteiger partial charge in [0.25, 0.3) is 0 Å². The molecule has 1 N–H and O–H groups in total. The third kappa shape index (κ3) is 4.13. The van der Waals surface area contributed by atoms with E-state index in [4.69, 9.17) is 0 Å². The van der Waals surface area contributed by atoms with Crippen molar-refractivity contribution in [3.63, 3.8) is 0 Å². The molecular weight excluding hydrogens is 344 g/mol. The topological polar surface area (TPSA) is 24.9 Å². The third-order valence-electron chi connectivity index (χ3n) is 2.35. The van der Waals surface area contributed by atoms with Crippen LogP contribution in [0.1, 0.15) is 5.56 Å². The highest BCUT2D eigenvalue weighted by Crippen LogP contribution is 2.12. The van der Waals surface area contributed by atoms with Gasteiger partial charge in [0.05, 0.1) is 0 Å². The molecule has 0 atom stereocenters. The number of nitrogens with one attached hydrogen (secondary N) is 1. The van der Waals surface area contributed by atoms with Gasteiger partial charge in [-0.15, -0.1) is 0 Å². The van der Waals surface area contributed by atoms with Crippen molar-refractivity contribution in [3.8, 4) is 0 Å². The van der Waals surface area contributed by atoms with Crippen molar-refractivity contribution < 1.29 is 0 Å². The van der Waals surface area contributed by atoms with E-state index < -0.39 is 0 Å². The van der Waals surface area contributed by atoms with Gasteiger partial charge in [-0.2, -0.15) is 0 Å². The summed E-state index contributed by atoms with van der Waals surface area (Å²) in [6.45, 7) is 0.880. The Bertz CT molecular complexity index is 483. The molecule has 0 radical (unpaired) electrons. The first-order valence-corrected chi connectivity index (χ1v) is 6.93. The Morgan fingerprint density at radius 2 is 1.76 bits per heavy atom. The van der Waals surface area contributed by atoms with Crippen LogP contribution in [0.4, 0.5) is 5.82 Å². The summed E-state index contributed by atoms with van der Waals surface area (Å²) >= 11 is 6.78. The molecule has 0 aliphatic carbocycles. The summed E-state index contributed by atoms with van der Waals surface area (Å²) in [7, 11) is 0. The van der Waals surface area contributed by atoms with Crippen molar-refractivity contribution in [2.75, 3.05) is 11.9 Å². The normalized spacial score (nSPS) is 10.2. The summed E-state index contributed by atoms with van der Waals surface area (Å²) in [5, 5.41) is 3.30. The van der Waals surface area contributed by atoms with Gasteiger partial charge in [-0.25, -0.2) is 4.98 Å². The predicted molar refractivity (Wildman–Crippen MR) is 78.3 cm³/mol. The van der Waals surface area contributed by atoms with Crippen LogP contribution in [0, 0.1) is 0 Å². The van der Waals surface area contributed by atoms with Crippen LogP contribution in [0.25, 0.3) is 0 Å². The van der Waals surface area contributed by atoms with Crippen molar-refractivity contribution in [1.29, 1.82) is 0 Å². The summed E-state index contributed by atoms with van der Waals surface area (Å²) in [6, 6.07) is 14.2. The first-order chi connectivity index (χ1) is 8.24. The molecule has 1 aromatic heterocycles. The zero-order chi connectivity index (χ0) is 12.1. The van der Waals surface area contributed by atoms with Gasteiger partial charge in [-0.1, -0.05) is 34.1 Å². The smallest absolute Gasteiger partial charge is 0.127 e. The molecule has 0 saturated carbocycles. The molecule has 1 aromatic carbocycles. The molecule has 0 saturated heterocycles. The van der Waals surface area contributed by atoms with Crippen LogP contribution in [0.15, 0.2) is 51.5 Å². The van der Waals surface area contributed by atoms with Gasteiger partial charge < -0.3 is 5.32 Å². The minimum absolute atomic E-state index is 0.853. The van der Waals surface area contributed by atoms with Gasteiger partial charge >= 0.3 is 0 Å². The Balaban J connectivity index is 1.85. The SMILES string of the molecule is Brc1ccc(CCNc2cccc(Br)n2)cc1. The maximum atomic E-state index is 4.32. The number of nitrogens with zero attached hydrogens (tertiary/aromatic N) is 1.